The minimum Gasteiger partial charge on any atom is -0.354 e. The number of amides is 1. The highest BCUT2D eigenvalue weighted by Crippen LogP contribution is 2.27. The molecule has 1 saturated heterocycles. The van der Waals surface area contributed by atoms with E-state index in [9.17, 15) is 14.4 Å². The lowest BCUT2D eigenvalue weighted by Gasteiger charge is -2.34. The predicted octanol–water partition coefficient (Wildman–Crippen LogP) is 3.32. The lowest BCUT2D eigenvalue weighted by molar-refractivity contribution is -0.117. The molecule has 3 heterocycles. The number of rotatable bonds is 6. The van der Waals surface area contributed by atoms with Crippen LogP contribution in [0.15, 0.2) is 48.7 Å². The summed E-state index contributed by atoms with van der Waals surface area (Å²) in [6.45, 7) is 7.59. The second kappa shape index (κ2) is 9.84. The summed E-state index contributed by atoms with van der Waals surface area (Å²) in [5.74, 6) is 0.989. The summed E-state index contributed by atoms with van der Waals surface area (Å²) in [5.41, 5.74) is 3.08. The Labute approximate surface area is 193 Å². The summed E-state index contributed by atoms with van der Waals surface area (Å²) in [6.07, 6.45) is 1.78. The van der Waals surface area contributed by atoms with Gasteiger partial charge >= 0.3 is 0 Å². The van der Waals surface area contributed by atoms with Crippen molar-refractivity contribution in [3.05, 3.63) is 76.9 Å². The summed E-state index contributed by atoms with van der Waals surface area (Å²) in [6, 6.07) is 14.3. The number of carbonyl (C=O) groups is 1. The Morgan fingerprint density at radius 1 is 1.12 bits per heavy atom. The first-order valence-corrected chi connectivity index (χ1v) is 11.0. The van der Waals surface area contributed by atoms with E-state index in [4.69, 9.17) is 0 Å². The van der Waals surface area contributed by atoms with Gasteiger partial charge in [-0.3, -0.25) is 9.69 Å². The summed E-state index contributed by atoms with van der Waals surface area (Å²) >= 11 is 0. The topological polar surface area (TPSA) is 77.2 Å². The fourth-order valence-corrected chi connectivity index (χ4v) is 4.15. The molecular formula is C25H27FN6O. The van der Waals surface area contributed by atoms with Gasteiger partial charge in [-0.1, -0.05) is 18.2 Å². The van der Waals surface area contributed by atoms with Crippen LogP contribution in [0.2, 0.25) is 0 Å². The molecule has 170 valence electrons. The van der Waals surface area contributed by atoms with Gasteiger partial charge in [0.05, 0.1) is 12.1 Å². The normalized spacial score (nSPS) is 14.2. The Kier molecular flexibility index (Phi) is 6.71. The van der Waals surface area contributed by atoms with Crippen LogP contribution >= 0.6 is 0 Å². The average Bonchev–Trinajstić information content (AvgIpc) is 3.05. The number of nitriles is 1. The minimum absolute atomic E-state index is 0.157. The van der Waals surface area contributed by atoms with Gasteiger partial charge in [0, 0.05) is 44.6 Å². The number of pyridine rings is 1. The van der Waals surface area contributed by atoms with E-state index in [1.54, 1.807) is 18.3 Å². The zero-order chi connectivity index (χ0) is 23.4. The predicted molar refractivity (Wildman–Crippen MR) is 126 cm³/mol. The first-order valence-electron chi connectivity index (χ1n) is 11.0. The monoisotopic (exact) mass is 446 g/mol. The van der Waals surface area contributed by atoms with E-state index in [-0.39, 0.29) is 18.3 Å². The first kappa shape index (κ1) is 22.5. The molecule has 1 N–H and O–H groups in total. The number of nitrogens with zero attached hydrogens (tertiary/aromatic N) is 5. The maximum atomic E-state index is 13.3. The number of carbonyl (C=O) groups excluding carboxylic acids is 1. The van der Waals surface area contributed by atoms with Gasteiger partial charge < -0.3 is 14.8 Å². The van der Waals surface area contributed by atoms with Crippen molar-refractivity contribution < 1.29 is 9.18 Å². The number of nitrogens with one attached hydrogen (secondary N) is 1. The summed E-state index contributed by atoms with van der Waals surface area (Å²) in [5, 5.41) is 12.7. The highest BCUT2D eigenvalue weighted by Gasteiger charge is 2.23. The lowest BCUT2D eigenvalue weighted by atomic mass is 10.2. The van der Waals surface area contributed by atoms with Gasteiger partial charge in [0.15, 0.2) is 0 Å². The molecule has 2 aromatic heterocycles. The van der Waals surface area contributed by atoms with Crippen molar-refractivity contribution in [2.75, 3.05) is 42.9 Å². The van der Waals surface area contributed by atoms with Gasteiger partial charge in [-0.15, -0.1) is 0 Å². The van der Waals surface area contributed by atoms with Crippen LogP contribution in [0.5, 0.6) is 0 Å². The molecule has 0 atom stereocenters. The number of hydrogen-bond acceptors (Lipinski definition) is 5. The van der Waals surface area contributed by atoms with Crippen molar-refractivity contribution in [2.45, 2.75) is 20.4 Å². The van der Waals surface area contributed by atoms with E-state index < -0.39 is 0 Å². The second-order valence-corrected chi connectivity index (χ2v) is 8.26. The molecule has 1 aliphatic heterocycles. The van der Waals surface area contributed by atoms with E-state index in [1.807, 2.05) is 36.6 Å². The summed E-state index contributed by atoms with van der Waals surface area (Å²) in [7, 11) is 0. The van der Waals surface area contributed by atoms with E-state index >= 15 is 0 Å². The molecule has 4 rings (SSSR count). The quantitative estimate of drug-likeness (QED) is 0.629. The average molecular weight is 447 g/mol. The van der Waals surface area contributed by atoms with E-state index in [1.165, 1.54) is 12.1 Å². The Bertz CT molecular complexity index is 1160. The number of hydrogen-bond donors (Lipinski definition) is 1. The molecule has 0 saturated carbocycles. The SMILES string of the molecule is Cc1c(C#N)c(NC(=O)CN2CCN(c3ccccn3)CC2)n(Cc2ccc(F)cc2)c1C. The van der Waals surface area contributed by atoms with Gasteiger partial charge in [0.2, 0.25) is 5.91 Å². The van der Waals surface area contributed by atoms with Crippen LogP contribution in [0.3, 0.4) is 0 Å². The van der Waals surface area contributed by atoms with Crippen LogP contribution in [0.1, 0.15) is 22.4 Å². The third kappa shape index (κ3) is 5.04. The number of benzene rings is 1. The molecule has 0 radical (unpaired) electrons. The van der Waals surface area contributed by atoms with Crippen LogP contribution in [0.25, 0.3) is 0 Å². The third-order valence-electron chi connectivity index (χ3n) is 6.17. The van der Waals surface area contributed by atoms with Crippen molar-refractivity contribution in [3.8, 4) is 6.07 Å². The van der Waals surface area contributed by atoms with Crippen LogP contribution in [0.4, 0.5) is 16.0 Å². The number of anilines is 2. The molecule has 0 aliphatic carbocycles. The molecule has 1 aromatic carbocycles. The lowest BCUT2D eigenvalue weighted by Crippen LogP contribution is -2.49. The number of aromatic nitrogens is 2. The van der Waals surface area contributed by atoms with Gasteiger partial charge in [-0.25, -0.2) is 9.37 Å². The van der Waals surface area contributed by atoms with Crippen molar-refractivity contribution in [2.24, 2.45) is 0 Å². The Balaban J connectivity index is 1.44. The first-order chi connectivity index (χ1) is 16.0. The van der Waals surface area contributed by atoms with Crippen LogP contribution in [-0.4, -0.2) is 53.1 Å². The van der Waals surface area contributed by atoms with Crippen LogP contribution in [0, 0.1) is 31.0 Å². The van der Waals surface area contributed by atoms with Crippen molar-refractivity contribution in [3.63, 3.8) is 0 Å². The van der Waals surface area contributed by atoms with Gasteiger partial charge in [-0.2, -0.15) is 5.26 Å². The van der Waals surface area contributed by atoms with Gasteiger partial charge in [-0.05, 0) is 49.2 Å². The second-order valence-electron chi connectivity index (χ2n) is 8.26. The largest absolute Gasteiger partial charge is 0.354 e. The summed E-state index contributed by atoms with van der Waals surface area (Å²) < 4.78 is 15.2. The molecule has 8 heteroatoms. The molecule has 3 aromatic rings. The highest BCUT2D eigenvalue weighted by molar-refractivity contribution is 5.93. The van der Waals surface area contributed by atoms with E-state index in [0.717, 1.165) is 48.8 Å². The van der Waals surface area contributed by atoms with Gasteiger partial charge in [0.25, 0.3) is 0 Å². The number of halogens is 1. The van der Waals surface area contributed by atoms with Crippen molar-refractivity contribution >= 4 is 17.5 Å². The van der Waals surface area contributed by atoms with Crippen LogP contribution < -0.4 is 10.2 Å². The molecule has 1 aliphatic rings. The standard InChI is InChI=1S/C25H27FN6O/c1-18-19(2)32(16-20-6-8-21(26)9-7-20)25(22(18)15-27)29-24(33)17-30-11-13-31(14-12-30)23-5-3-4-10-28-23/h3-10H,11-14,16-17H2,1-2H3,(H,29,33). The number of piperazine rings is 1. The molecule has 0 spiro atoms. The zero-order valence-electron chi connectivity index (χ0n) is 18.9. The molecule has 0 unspecified atom stereocenters. The molecule has 7 nitrogen and oxygen atoms in total. The molecular weight excluding hydrogens is 419 g/mol. The highest BCUT2D eigenvalue weighted by atomic mass is 19.1. The maximum Gasteiger partial charge on any atom is 0.239 e. The summed E-state index contributed by atoms with van der Waals surface area (Å²) in [4.78, 5) is 21.6. The molecule has 1 amide bonds. The smallest absolute Gasteiger partial charge is 0.239 e. The maximum absolute atomic E-state index is 13.3. The zero-order valence-corrected chi connectivity index (χ0v) is 18.9. The van der Waals surface area contributed by atoms with Crippen molar-refractivity contribution in [1.82, 2.24) is 14.5 Å². The Morgan fingerprint density at radius 3 is 2.48 bits per heavy atom. The fraction of sp³-hybridized carbons (Fsp3) is 0.320. The van der Waals surface area contributed by atoms with E-state index in [2.05, 4.69) is 26.2 Å². The Hall–Kier alpha value is -3.70. The van der Waals surface area contributed by atoms with E-state index in [0.29, 0.717) is 17.9 Å². The van der Waals surface area contributed by atoms with Crippen LogP contribution in [-0.2, 0) is 11.3 Å². The molecule has 1 fully saturated rings. The minimum atomic E-state index is -0.298. The molecule has 33 heavy (non-hydrogen) atoms. The molecule has 0 bridgehead atoms. The van der Waals surface area contributed by atoms with Crippen molar-refractivity contribution in [1.29, 1.82) is 5.26 Å². The fourth-order valence-electron chi connectivity index (χ4n) is 4.15. The van der Waals surface area contributed by atoms with Gasteiger partial charge in [0.1, 0.15) is 23.5 Å². The Morgan fingerprint density at radius 2 is 1.85 bits per heavy atom. The third-order valence-corrected chi connectivity index (χ3v) is 6.17.